The lowest BCUT2D eigenvalue weighted by Crippen LogP contribution is -2.38. The van der Waals surface area contributed by atoms with Crippen molar-refractivity contribution in [2.24, 2.45) is 0 Å². The normalized spacial score (nSPS) is 21.5. The third-order valence-electron chi connectivity index (χ3n) is 3.52. The number of nitrogens with zero attached hydrogens (tertiary/aromatic N) is 1. The average Bonchev–Trinajstić information content (AvgIpc) is 2.61. The quantitative estimate of drug-likeness (QED) is 0.922. The van der Waals surface area contributed by atoms with Gasteiger partial charge in [-0.2, -0.15) is 0 Å². The molecule has 17 heavy (non-hydrogen) atoms. The molecule has 1 aliphatic rings. The van der Waals surface area contributed by atoms with E-state index >= 15 is 0 Å². The molecule has 0 radical (unpaired) electrons. The zero-order chi connectivity index (χ0) is 12.1. The molecular formula is C14H21BrN2. The van der Waals surface area contributed by atoms with Crippen LogP contribution in [0.4, 0.5) is 0 Å². The fraction of sp³-hybridized carbons (Fsp3) is 0.571. The van der Waals surface area contributed by atoms with Crippen LogP contribution < -0.4 is 5.32 Å². The highest BCUT2D eigenvalue weighted by molar-refractivity contribution is 9.10. The van der Waals surface area contributed by atoms with E-state index in [2.05, 4.69) is 57.5 Å². The summed E-state index contributed by atoms with van der Waals surface area (Å²) in [6, 6.07) is 9.17. The molecule has 2 rings (SSSR count). The van der Waals surface area contributed by atoms with Gasteiger partial charge < -0.3 is 5.32 Å². The fourth-order valence-electron chi connectivity index (χ4n) is 2.40. The van der Waals surface area contributed by atoms with Gasteiger partial charge in [0.25, 0.3) is 0 Å². The van der Waals surface area contributed by atoms with Crippen LogP contribution in [0.5, 0.6) is 0 Å². The Balaban J connectivity index is 1.95. The van der Waals surface area contributed by atoms with Crippen molar-refractivity contribution < 1.29 is 0 Å². The summed E-state index contributed by atoms with van der Waals surface area (Å²) in [5, 5.41) is 3.53. The van der Waals surface area contributed by atoms with Gasteiger partial charge in [0.15, 0.2) is 0 Å². The van der Waals surface area contributed by atoms with E-state index in [9.17, 15) is 0 Å². The molecular weight excluding hydrogens is 276 g/mol. The van der Waals surface area contributed by atoms with Crippen LogP contribution >= 0.6 is 15.9 Å². The van der Waals surface area contributed by atoms with Gasteiger partial charge >= 0.3 is 0 Å². The molecule has 1 saturated heterocycles. The maximum Gasteiger partial charge on any atom is 0.0245 e. The molecule has 1 fully saturated rings. The van der Waals surface area contributed by atoms with E-state index in [0.717, 1.165) is 13.1 Å². The molecule has 0 amide bonds. The van der Waals surface area contributed by atoms with Crippen LogP contribution in [0.1, 0.15) is 24.8 Å². The minimum Gasteiger partial charge on any atom is -0.315 e. The summed E-state index contributed by atoms with van der Waals surface area (Å²) < 4.78 is 1.22. The lowest BCUT2D eigenvalue weighted by atomic mass is 10.1. The second kappa shape index (κ2) is 6.53. The molecule has 94 valence electrons. The molecule has 1 N–H and O–H groups in total. The van der Waals surface area contributed by atoms with Crippen molar-refractivity contribution in [2.45, 2.75) is 31.8 Å². The summed E-state index contributed by atoms with van der Waals surface area (Å²) >= 11 is 3.62. The summed E-state index contributed by atoms with van der Waals surface area (Å²) in [7, 11) is 2.23. The van der Waals surface area contributed by atoms with Gasteiger partial charge in [0.05, 0.1) is 0 Å². The van der Waals surface area contributed by atoms with Crippen LogP contribution in [0.15, 0.2) is 28.7 Å². The van der Waals surface area contributed by atoms with E-state index in [4.69, 9.17) is 0 Å². The van der Waals surface area contributed by atoms with E-state index < -0.39 is 0 Å². The van der Waals surface area contributed by atoms with E-state index in [1.54, 1.807) is 0 Å². The summed E-state index contributed by atoms with van der Waals surface area (Å²) in [6.45, 7) is 3.33. The molecule has 3 heteroatoms. The Hall–Kier alpha value is -0.380. The maximum atomic E-state index is 3.62. The second-order valence-electron chi connectivity index (χ2n) is 4.86. The van der Waals surface area contributed by atoms with Crippen molar-refractivity contribution in [3.05, 3.63) is 34.3 Å². The van der Waals surface area contributed by atoms with Gasteiger partial charge in [0, 0.05) is 23.6 Å². The maximum absolute atomic E-state index is 3.62. The number of halogens is 1. The molecule has 1 unspecified atom stereocenters. The number of likely N-dealkylation sites (N-methyl/N-ethyl adjacent to an activating group) is 1. The third kappa shape index (κ3) is 3.80. The Morgan fingerprint density at radius 3 is 3.00 bits per heavy atom. The largest absolute Gasteiger partial charge is 0.315 e. The second-order valence-corrected chi connectivity index (χ2v) is 5.71. The zero-order valence-corrected chi connectivity index (χ0v) is 12.0. The summed E-state index contributed by atoms with van der Waals surface area (Å²) in [4.78, 5) is 2.47. The average molecular weight is 297 g/mol. The first-order valence-electron chi connectivity index (χ1n) is 6.42. The Morgan fingerprint density at radius 2 is 2.18 bits per heavy atom. The van der Waals surface area contributed by atoms with Gasteiger partial charge in [-0.15, -0.1) is 0 Å². The lowest BCUT2D eigenvalue weighted by molar-refractivity contribution is 0.222. The Labute approximate surface area is 113 Å². The topological polar surface area (TPSA) is 15.3 Å². The first kappa shape index (κ1) is 13.1. The van der Waals surface area contributed by atoms with Crippen molar-refractivity contribution in [2.75, 3.05) is 20.1 Å². The van der Waals surface area contributed by atoms with Crippen LogP contribution in [0.3, 0.4) is 0 Å². The number of benzene rings is 1. The SMILES string of the molecule is CN(Cc1ccccc1Br)C1CCCCNC1. The predicted molar refractivity (Wildman–Crippen MR) is 76.1 cm³/mol. The molecule has 2 nitrogen and oxygen atoms in total. The zero-order valence-electron chi connectivity index (χ0n) is 10.5. The van der Waals surface area contributed by atoms with Crippen LogP contribution in [0.2, 0.25) is 0 Å². The highest BCUT2D eigenvalue weighted by Gasteiger charge is 2.17. The molecule has 1 heterocycles. The van der Waals surface area contributed by atoms with Crippen LogP contribution in [0.25, 0.3) is 0 Å². The van der Waals surface area contributed by atoms with E-state index in [-0.39, 0.29) is 0 Å². The van der Waals surface area contributed by atoms with Gasteiger partial charge in [-0.25, -0.2) is 0 Å². The van der Waals surface area contributed by atoms with Gasteiger partial charge in [-0.05, 0) is 38.1 Å². The molecule has 0 bridgehead atoms. The monoisotopic (exact) mass is 296 g/mol. The summed E-state index contributed by atoms with van der Waals surface area (Å²) in [5.74, 6) is 0. The van der Waals surface area contributed by atoms with Gasteiger partial charge in [0.1, 0.15) is 0 Å². The van der Waals surface area contributed by atoms with Crippen molar-refractivity contribution in [3.8, 4) is 0 Å². The third-order valence-corrected chi connectivity index (χ3v) is 4.30. The van der Waals surface area contributed by atoms with Gasteiger partial charge in [0.2, 0.25) is 0 Å². The minimum absolute atomic E-state index is 0.671. The highest BCUT2D eigenvalue weighted by Crippen LogP contribution is 2.19. The number of rotatable bonds is 3. The number of hydrogen-bond donors (Lipinski definition) is 1. The van der Waals surface area contributed by atoms with Crippen molar-refractivity contribution in [1.29, 1.82) is 0 Å². The van der Waals surface area contributed by atoms with Crippen molar-refractivity contribution in [1.82, 2.24) is 10.2 Å². The van der Waals surface area contributed by atoms with Crippen molar-refractivity contribution in [3.63, 3.8) is 0 Å². The van der Waals surface area contributed by atoms with Gasteiger partial charge in [-0.3, -0.25) is 4.90 Å². The molecule has 1 aliphatic heterocycles. The first-order chi connectivity index (χ1) is 8.27. The Bertz CT molecular complexity index is 346. The molecule has 1 atom stereocenters. The van der Waals surface area contributed by atoms with Gasteiger partial charge in [-0.1, -0.05) is 40.5 Å². The Kier molecular flexibility index (Phi) is 5.01. The molecule has 0 aromatic heterocycles. The minimum atomic E-state index is 0.671. The highest BCUT2D eigenvalue weighted by atomic mass is 79.9. The van der Waals surface area contributed by atoms with E-state index in [0.29, 0.717) is 6.04 Å². The molecule has 0 spiro atoms. The predicted octanol–water partition coefficient (Wildman–Crippen LogP) is 3.02. The standard InChI is InChI=1S/C14H21BrN2/c1-17(13-7-4-5-9-16-10-13)11-12-6-2-3-8-14(12)15/h2-3,6,8,13,16H,4-5,7,9-11H2,1H3. The molecule has 0 aliphatic carbocycles. The molecule has 1 aromatic carbocycles. The first-order valence-corrected chi connectivity index (χ1v) is 7.21. The van der Waals surface area contributed by atoms with E-state index in [1.165, 1.54) is 35.8 Å². The van der Waals surface area contributed by atoms with E-state index in [1.807, 2.05) is 0 Å². The smallest absolute Gasteiger partial charge is 0.0245 e. The van der Waals surface area contributed by atoms with Crippen LogP contribution in [-0.4, -0.2) is 31.1 Å². The summed E-state index contributed by atoms with van der Waals surface area (Å²) in [6.07, 6.45) is 3.98. The summed E-state index contributed by atoms with van der Waals surface area (Å²) in [5.41, 5.74) is 1.37. The van der Waals surface area contributed by atoms with Crippen molar-refractivity contribution >= 4 is 15.9 Å². The fourth-order valence-corrected chi connectivity index (χ4v) is 2.81. The Morgan fingerprint density at radius 1 is 1.35 bits per heavy atom. The molecule has 1 aromatic rings. The van der Waals surface area contributed by atoms with Crippen LogP contribution in [-0.2, 0) is 6.54 Å². The number of hydrogen-bond acceptors (Lipinski definition) is 2. The van der Waals surface area contributed by atoms with Crippen LogP contribution in [0, 0.1) is 0 Å². The molecule has 0 saturated carbocycles. The number of nitrogens with one attached hydrogen (secondary N) is 1. The lowest BCUT2D eigenvalue weighted by Gasteiger charge is -2.27.